The minimum absolute atomic E-state index is 0.357. The second-order valence-corrected chi connectivity index (χ2v) is 5.82. The molecule has 0 saturated carbocycles. The summed E-state index contributed by atoms with van der Waals surface area (Å²) in [5, 5.41) is 12.8. The van der Waals surface area contributed by atoms with Gasteiger partial charge >= 0.3 is 5.97 Å². The average Bonchev–Trinajstić information content (AvgIpc) is 2.76. The van der Waals surface area contributed by atoms with Crippen LogP contribution in [-0.4, -0.2) is 23.0 Å². The molecule has 2 rings (SSSR count). The molecule has 0 aliphatic carbocycles. The van der Waals surface area contributed by atoms with Gasteiger partial charge in [0.15, 0.2) is 0 Å². The van der Waals surface area contributed by atoms with E-state index in [-0.39, 0.29) is 0 Å². The van der Waals surface area contributed by atoms with Gasteiger partial charge in [-0.3, -0.25) is 4.79 Å². The molecule has 106 valence electrons. The molecule has 1 heterocycles. The molecule has 6 heteroatoms. The zero-order valence-electron chi connectivity index (χ0n) is 10.9. The first-order valence-corrected chi connectivity index (χ1v) is 7.44. The van der Waals surface area contributed by atoms with Crippen LogP contribution in [0.15, 0.2) is 24.3 Å². The fraction of sp³-hybridized carbons (Fsp3) is 0.286. The lowest BCUT2D eigenvalue weighted by Gasteiger charge is -2.12. The first-order chi connectivity index (χ1) is 9.54. The number of carbonyl (C=O) groups is 2. The summed E-state index contributed by atoms with van der Waals surface area (Å²) in [7, 11) is 0. The summed E-state index contributed by atoms with van der Waals surface area (Å²) in [6.07, 6.45) is 1.07. The minimum atomic E-state index is -1.03. The molecule has 1 amide bonds. The largest absolute Gasteiger partial charge is 0.480 e. The lowest BCUT2D eigenvalue weighted by atomic mass is 10.1. The summed E-state index contributed by atoms with van der Waals surface area (Å²) in [6, 6.07) is 6.55. The average molecular weight is 312 g/mol. The van der Waals surface area contributed by atoms with Crippen molar-refractivity contribution >= 4 is 44.9 Å². The van der Waals surface area contributed by atoms with Gasteiger partial charge in [0.05, 0.1) is 5.02 Å². The summed E-state index contributed by atoms with van der Waals surface area (Å²) >= 11 is 7.46. The standard InChI is InChI=1S/C14H14ClNO3S/c1-2-5-9(14(18)19)16-13(17)12-11(15)8-6-3-4-7-10(8)20-12/h3-4,6-7,9H,2,5H2,1H3,(H,16,17)(H,18,19)/t9-/m0/s1. The van der Waals surface area contributed by atoms with Gasteiger partial charge in [-0.1, -0.05) is 43.1 Å². The van der Waals surface area contributed by atoms with E-state index in [0.717, 1.165) is 10.1 Å². The Kier molecular flexibility index (Phi) is 4.62. The van der Waals surface area contributed by atoms with E-state index in [1.807, 2.05) is 31.2 Å². The summed E-state index contributed by atoms with van der Waals surface area (Å²) < 4.78 is 0.907. The van der Waals surface area contributed by atoms with Crippen molar-refractivity contribution in [3.63, 3.8) is 0 Å². The van der Waals surface area contributed by atoms with E-state index < -0.39 is 17.9 Å². The number of amides is 1. The molecule has 1 atom stereocenters. The Morgan fingerprint density at radius 3 is 2.70 bits per heavy atom. The van der Waals surface area contributed by atoms with Crippen molar-refractivity contribution in [2.45, 2.75) is 25.8 Å². The Labute approximate surface area is 125 Å². The third-order valence-electron chi connectivity index (χ3n) is 2.92. The van der Waals surface area contributed by atoms with Gasteiger partial charge in [0, 0.05) is 10.1 Å². The van der Waals surface area contributed by atoms with E-state index in [1.54, 1.807) is 0 Å². The van der Waals surface area contributed by atoms with Gasteiger partial charge in [0.1, 0.15) is 10.9 Å². The van der Waals surface area contributed by atoms with Crippen molar-refractivity contribution in [1.82, 2.24) is 5.32 Å². The monoisotopic (exact) mass is 311 g/mol. The second kappa shape index (κ2) is 6.24. The maximum absolute atomic E-state index is 12.2. The summed E-state index contributed by atoms with van der Waals surface area (Å²) in [5.74, 6) is -1.46. The number of rotatable bonds is 5. The Morgan fingerprint density at radius 2 is 2.10 bits per heavy atom. The quantitative estimate of drug-likeness (QED) is 0.887. The van der Waals surface area contributed by atoms with Crippen LogP contribution in [0, 0.1) is 0 Å². The van der Waals surface area contributed by atoms with Crippen LogP contribution < -0.4 is 5.32 Å². The van der Waals surface area contributed by atoms with Crippen molar-refractivity contribution < 1.29 is 14.7 Å². The van der Waals surface area contributed by atoms with Gasteiger partial charge in [-0.05, 0) is 12.5 Å². The topological polar surface area (TPSA) is 66.4 Å². The molecule has 0 fully saturated rings. The zero-order valence-corrected chi connectivity index (χ0v) is 12.4. The van der Waals surface area contributed by atoms with E-state index in [1.165, 1.54) is 11.3 Å². The number of fused-ring (bicyclic) bond motifs is 1. The van der Waals surface area contributed by atoms with Crippen LogP contribution in [0.2, 0.25) is 5.02 Å². The smallest absolute Gasteiger partial charge is 0.326 e. The van der Waals surface area contributed by atoms with Crippen LogP contribution in [0.1, 0.15) is 29.4 Å². The number of nitrogens with one attached hydrogen (secondary N) is 1. The molecule has 0 aliphatic rings. The maximum atomic E-state index is 12.2. The van der Waals surface area contributed by atoms with Crippen LogP contribution in [0.5, 0.6) is 0 Å². The molecule has 0 spiro atoms. The summed E-state index contributed by atoms with van der Waals surface area (Å²) in [4.78, 5) is 23.6. The molecule has 20 heavy (non-hydrogen) atoms. The fourth-order valence-corrected chi connectivity index (χ4v) is 3.35. The van der Waals surface area contributed by atoms with Gasteiger partial charge in [0.2, 0.25) is 0 Å². The molecule has 0 unspecified atom stereocenters. The highest BCUT2D eigenvalue weighted by molar-refractivity contribution is 7.21. The fourth-order valence-electron chi connectivity index (χ4n) is 1.93. The number of hydrogen-bond acceptors (Lipinski definition) is 3. The van der Waals surface area contributed by atoms with Gasteiger partial charge < -0.3 is 10.4 Å². The minimum Gasteiger partial charge on any atom is -0.480 e. The maximum Gasteiger partial charge on any atom is 0.326 e. The van der Waals surface area contributed by atoms with Crippen molar-refractivity contribution in [2.75, 3.05) is 0 Å². The number of aliphatic carboxylic acids is 1. The SMILES string of the molecule is CCC[C@H](NC(=O)c1sc2ccccc2c1Cl)C(=O)O. The number of carbonyl (C=O) groups excluding carboxylic acids is 1. The lowest BCUT2D eigenvalue weighted by molar-refractivity contribution is -0.139. The van der Waals surface area contributed by atoms with E-state index in [9.17, 15) is 9.59 Å². The van der Waals surface area contributed by atoms with Crippen LogP contribution >= 0.6 is 22.9 Å². The van der Waals surface area contributed by atoms with E-state index in [4.69, 9.17) is 16.7 Å². The number of benzene rings is 1. The first kappa shape index (κ1) is 14.8. The van der Waals surface area contributed by atoms with Crippen molar-refractivity contribution in [3.8, 4) is 0 Å². The molecule has 4 nitrogen and oxygen atoms in total. The predicted molar refractivity (Wildman–Crippen MR) is 80.6 cm³/mol. The first-order valence-electron chi connectivity index (χ1n) is 6.25. The highest BCUT2D eigenvalue weighted by atomic mass is 35.5. The lowest BCUT2D eigenvalue weighted by Crippen LogP contribution is -2.40. The molecule has 0 saturated heterocycles. The molecule has 1 aromatic heterocycles. The Hall–Kier alpha value is -1.59. The van der Waals surface area contributed by atoms with Crippen LogP contribution in [0.4, 0.5) is 0 Å². The predicted octanol–water partition coefficient (Wildman–Crippen LogP) is 3.54. The van der Waals surface area contributed by atoms with Crippen LogP contribution in [-0.2, 0) is 4.79 Å². The zero-order chi connectivity index (χ0) is 14.7. The third kappa shape index (κ3) is 2.94. The molecule has 2 aromatic rings. The molecular formula is C14H14ClNO3S. The molecule has 0 radical (unpaired) electrons. The second-order valence-electron chi connectivity index (χ2n) is 4.39. The molecule has 2 N–H and O–H groups in total. The van der Waals surface area contributed by atoms with Gasteiger partial charge in [-0.15, -0.1) is 11.3 Å². The summed E-state index contributed by atoms with van der Waals surface area (Å²) in [5.41, 5.74) is 0. The molecular weight excluding hydrogens is 298 g/mol. The van der Waals surface area contributed by atoms with E-state index >= 15 is 0 Å². The van der Waals surface area contributed by atoms with Gasteiger partial charge in [-0.25, -0.2) is 4.79 Å². The number of thiophene rings is 1. The Balaban J connectivity index is 2.27. The third-order valence-corrected chi connectivity index (χ3v) is 4.60. The highest BCUT2D eigenvalue weighted by Crippen LogP contribution is 2.35. The van der Waals surface area contributed by atoms with Crippen LogP contribution in [0.25, 0.3) is 10.1 Å². The van der Waals surface area contributed by atoms with E-state index in [0.29, 0.717) is 22.7 Å². The van der Waals surface area contributed by atoms with Crippen molar-refractivity contribution in [2.24, 2.45) is 0 Å². The molecule has 0 aliphatic heterocycles. The molecule has 0 bridgehead atoms. The van der Waals surface area contributed by atoms with Crippen molar-refractivity contribution in [1.29, 1.82) is 0 Å². The Morgan fingerprint density at radius 1 is 1.40 bits per heavy atom. The highest BCUT2D eigenvalue weighted by Gasteiger charge is 2.23. The van der Waals surface area contributed by atoms with Crippen LogP contribution in [0.3, 0.4) is 0 Å². The van der Waals surface area contributed by atoms with Gasteiger partial charge in [-0.2, -0.15) is 0 Å². The van der Waals surface area contributed by atoms with E-state index in [2.05, 4.69) is 5.32 Å². The summed E-state index contributed by atoms with van der Waals surface area (Å²) in [6.45, 7) is 1.87. The Bertz CT molecular complexity index is 653. The van der Waals surface area contributed by atoms with Crippen molar-refractivity contribution in [3.05, 3.63) is 34.2 Å². The normalized spacial score (nSPS) is 12.3. The number of carboxylic acids is 1. The van der Waals surface area contributed by atoms with Gasteiger partial charge in [0.25, 0.3) is 5.91 Å². The molecule has 1 aromatic carbocycles. The number of carboxylic acid groups (broad SMARTS) is 1. The number of hydrogen-bond donors (Lipinski definition) is 2. The number of halogens is 1.